The molecule has 10 heteroatoms. The molecule has 0 spiro atoms. The molecule has 2 aromatic rings. The van der Waals surface area contributed by atoms with Crippen molar-refractivity contribution in [2.24, 2.45) is 4.99 Å². The number of rotatable bonds is 3. The van der Waals surface area contributed by atoms with Crippen LogP contribution in [0.3, 0.4) is 0 Å². The highest BCUT2D eigenvalue weighted by molar-refractivity contribution is 6.14. The van der Waals surface area contributed by atoms with Gasteiger partial charge < -0.3 is 14.2 Å². The van der Waals surface area contributed by atoms with Gasteiger partial charge in [-0.3, -0.25) is 4.42 Å². The number of halogens is 1. The maximum absolute atomic E-state index is 6.33. The van der Waals surface area contributed by atoms with Gasteiger partial charge in [0.15, 0.2) is 6.17 Å². The first kappa shape index (κ1) is 17.1. The average molecular weight is 414 g/mol. The molecule has 1 atom stereocenters. The van der Waals surface area contributed by atoms with Gasteiger partial charge in [-0.1, -0.05) is 23.4 Å². The first-order valence-electron chi connectivity index (χ1n) is 9.72. The van der Waals surface area contributed by atoms with Gasteiger partial charge in [0.05, 0.1) is 11.9 Å². The third-order valence-corrected chi connectivity index (χ3v) is 6.36. The van der Waals surface area contributed by atoms with Crippen LogP contribution in [0.15, 0.2) is 45.8 Å². The van der Waals surface area contributed by atoms with Crippen LogP contribution in [0.2, 0.25) is 0 Å². The van der Waals surface area contributed by atoms with Crippen molar-refractivity contribution < 1.29 is 9.26 Å². The molecule has 1 saturated carbocycles. The highest BCUT2D eigenvalue weighted by atomic mass is 35.5. The zero-order valence-corrected chi connectivity index (χ0v) is 16.7. The molecule has 1 aromatic carbocycles. The summed E-state index contributed by atoms with van der Waals surface area (Å²) in [6, 6.07) is 8.57. The smallest absolute Gasteiger partial charge is 0.348 e. The molecule has 0 amide bonds. The number of benzene rings is 1. The van der Waals surface area contributed by atoms with Crippen molar-refractivity contribution in [3.8, 4) is 0 Å². The van der Waals surface area contributed by atoms with Crippen LogP contribution in [0.4, 0.5) is 11.7 Å². The topological polar surface area (TPSA) is 73.5 Å². The summed E-state index contributed by atoms with van der Waals surface area (Å²) in [6.07, 6.45) is 7.40. The van der Waals surface area contributed by atoms with E-state index in [0.29, 0.717) is 18.5 Å². The van der Waals surface area contributed by atoms with Crippen LogP contribution in [0.25, 0.3) is 0 Å². The zero-order valence-electron chi connectivity index (χ0n) is 15.9. The Balaban J connectivity index is 1.40. The molecule has 0 radical (unpaired) electrons. The van der Waals surface area contributed by atoms with Crippen LogP contribution in [0.1, 0.15) is 43.2 Å². The quantitative estimate of drug-likeness (QED) is 0.710. The fraction of sp³-hybridized carbons (Fsp3) is 0.421. The predicted octanol–water partition coefficient (Wildman–Crippen LogP) is 3.30. The highest BCUT2D eigenvalue weighted by Gasteiger charge is 2.46. The van der Waals surface area contributed by atoms with Crippen molar-refractivity contribution in [3.05, 3.63) is 47.7 Å². The summed E-state index contributed by atoms with van der Waals surface area (Å²) in [5, 5.41) is 8.08. The minimum atomic E-state index is -0.460. The third kappa shape index (κ3) is 2.34. The third-order valence-electron chi connectivity index (χ3n) is 6.15. The molecule has 1 aromatic heterocycles. The molecule has 4 aliphatic rings. The van der Waals surface area contributed by atoms with E-state index in [1.165, 1.54) is 0 Å². The van der Waals surface area contributed by atoms with Crippen molar-refractivity contribution in [1.29, 1.82) is 0 Å². The number of methoxy groups -OCH3 is 1. The minimum absolute atomic E-state index is 0.213. The maximum atomic E-state index is 6.33. The summed E-state index contributed by atoms with van der Waals surface area (Å²) in [5.74, 6) is 1.50. The van der Waals surface area contributed by atoms with Crippen LogP contribution < -0.4 is 9.91 Å². The van der Waals surface area contributed by atoms with Crippen molar-refractivity contribution in [2.45, 2.75) is 37.5 Å². The summed E-state index contributed by atoms with van der Waals surface area (Å²) in [4.78, 5) is 11.6. The molecule has 29 heavy (non-hydrogen) atoms. The van der Waals surface area contributed by atoms with Gasteiger partial charge in [0, 0.05) is 24.4 Å². The second kappa shape index (κ2) is 6.11. The van der Waals surface area contributed by atoms with Gasteiger partial charge in [-0.05, 0) is 31.7 Å². The molecule has 0 N–H and O–H groups in total. The Morgan fingerprint density at radius 2 is 2.07 bits per heavy atom. The van der Waals surface area contributed by atoms with E-state index in [1.54, 1.807) is 22.9 Å². The Hall–Kier alpha value is -2.78. The van der Waals surface area contributed by atoms with Gasteiger partial charge in [-0.15, -0.1) is 0 Å². The molecular formula is C19H20ClN7O2. The van der Waals surface area contributed by atoms with Crippen LogP contribution in [0, 0.1) is 0 Å². The van der Waals surface area contributed by atoms with Crippen molar-refractivity contribution >= 4 is 29.8 Å². The van der Waals surface area contributed by atoms with Crippen molar-refractivity contribution in [1.82, 2.24) is 19.6 Å². The number of aliphatic imine (C=N–C) groups is 1. The Kier molecular flexibility index (Phi) is 3.60. The van der Waals surface area contributed by atoms with E-state index in [-0.39, 0.29) is 6.17 Å². The van der Waals surface area contributed by atoms with Gasteiger partial charge in [-0.25, -0.2) is 10.0 Å². The lowest BCUT2D eigenvalue weighted by atomic mass is 10.0. The standard InChI is InChI=1S/C19H20ClN7O2/c1-28-19(8-4-5-9-19)17-22-18(29-23-17)26-11-21-16-13-6-2-3-7-14(13)25-12-24(20)10-15(25)27(16)26/h2-3,6-7,10-11,16H,4-5,8-9,12H2,1H3. The average Bonchev–Trinajstić information content (AvgIpc) is 3.51. The summed E-state index contributed by atoms with van der Waals surface area (Å²) >= 11 is 6.33. The molecule has 1 unspecified atom stereocenters. The molecule has 9 nitrogen and oxygen atoms in total. The molecule has 0 bridgehead atoms. The first-order valence-corrected chi connectivity index (χ1v) is 10.1. The van der Waals surface area contributed by atoms with Crippen LogP contribution >= 0.6 is 11.8 Å². The highest BCUT2D eigenvalue weighted by Crippen LogP contribution is 2.47. The van der Waals surface area contributed by atoms with Crippen LogP contribution in [-0.2, 0) is 10.3 Å². The fourth-order valence-electron chi connectivity index (χ4n) is 4.69. The summed E-state index contributed by atoms with van der Waals surface area (Å²) in [5.41, 5.74) is 1.73. The molecule has 3 aliphatic heterocycles. The van der Waals surface area contributed by atoms with E-state index in [2.05, 4.69) is 22.2 Å². The Morgan fingerprint density at radius 1 is 1.24 bits per heavy atom. The lowest BCUT2D eigenvalue weighted by Crippen LogP contribution is -2.46. The number of ether oxygens (including phenoxy) is 1. The Bertz CT molecular complexity index is 1020. The molecule has 0 saturated heterocycles. The fourth-order valence-corrected chi connectivity index (χ4v) is 4.88. The number of hydrogen-bond acceptors (Lipinski definition) is 9. The number of hydrogen-bond donors (Lipinski definition) is 0. The normalized spacial score (nSPS) is 24.1. The summed E-state index contributed by atoms with van der Waals surface area (Å²) < 4.78 is 13.1. The number of aromatic nitrogens is 2. The molecule has 1 aliphatic carbocycles. The predicted molar refractivity (Wildman–Crippen MR) is 107 cm³/mol. The van der Waals surface area contributed by atoms with Gasteiger partial charge >= 0.3 is 6.01 Å². The summed E-state index contributed by atoms with van der Waals surface area (Å²) in [6.45, 7) is 0.548. The van der Waals surface area contributed by atoms with Crippen LogP contribution in [-0.4, -0.2) is 39.7 Å². The van der Waals surface area contributed by atoms with E-state index >= 15 is 0 Å². The van der Waals surface area contributed by atoms with Gasteiger partial charge in [0.1, 0.15) is 24.4 Å². The van der Waals surface area contributed by atoms with E-state index in [1.807, 2.05) is 23.3 Å². The van der Waals surface area contributed by atoms with E-state index in [4.69, 9.17) is 31.0 Å². The number of fused-ring (bicyclic) bond motifs is 6. The van der Waals surface area contributed by atoms with Crippen LogP contribution in [0.5, 0.6) is 0 Å². The van der Waals surface area contributed by atoms with E-state index < -0.39 is 5.60 Å². The van der Waals surface area contributed by atoms with Gasteiger partial charge in [0.25, 0.3) is 0 Å². The Morgan fingerprint density at radius 3 is 2.90 bits per heavy atom. The lowest BCUT2D eigenvalue weighted by molar-refractivity contribution is -0.0178. The molecule has 150 valence electrons. The van der Waals surface area contributed by atoms with Crippen molar-refractivity contribution in [2.75, 3.05) is 23.7 Å². The van der Waals surface area contributed by atoms with E-state index in [0.717, 1.165) is 42.8 Å². The molecule has 6 rings (SSSR count). The molecular weight excluding hydrogens is 394 g/mol. The molecule has 4 heterocycles. The number of anilines is 2. The SMILES string of the molecule is COC1(c2noc(N3C=NC4c5ccccc5N5CN(Cl)C=C5N43)n2)CCCC1. The maximum Gasteiger partial charge on any atom is 0.348 e. The largest absolute Gasteiger partial charge is 0.370 e. The number of para-hydroxylation sites is 1. The monoisotopic (exact) mass is 413 g/mol. The number of nitrogens with zero attached hydrogens (tertiary/aromatic N) is 7. The second-order valence-corrected chi connectivity index (χ2v) is 8.08. The Labute approximate surface area is 172 Å². The molecule has 1 fully saturated rings. The second-order valence-electron chi connectivity index (χ2n) is 7.65. The van der Waals surface area contributed by atoms with Gasteiger partial charge in [-0.2, -0.15) is 9.99 Å². The van der Waals surface area contributed by atoms with Crippen molar-refractivity contribution in [3.63, 3.8) is 0 Å². The minimum Gasteiger partial charge on any atom is -0.370 e. The zero-order chi connectivity index (χ0) is 19.6. The van der Waals surface area contributed by atoms with Gasteiger partial charge in [0.2, 0.25) is 5.82 Å². The lowest BCUT2D eigenvalue weighted by Gasteiger charge is -2.41. The number of hydrazine groups is 1. The summed E-state index contributed by atoms with van der Waals surface area (Å²) in [7, 11) is 1.71. The van der Waals surface area contributed by atoms with E-state index in [9.17, 15) is 0 Å². The first-order chi connectivity index (χ1) is 14.2.